The molecule has 0 bridgehead atoms. The highest BCUT2D eigenvalue weighted by molar-refractivity contribution is 5.80. The number of nitrogens with zero attached hydrogens (tertiary/aromatic N) is 1. The van der Waals surface area contributed by atoms with Gasteiger partial charge in [0, 0.05) is 19.6 Å². The summed E-state index contributed by atoms with van der Waals surface area (Å²) in [5, 5.41) is 0. The number of fused-ring (bicyclic) bond motifs is 3. The molecule has 2 aliphatic rings. The van der Waals surface area contributed by atoms with Crippen LogP contribution in [0.15, 0.2) is 39.5 Å². The molecule has 1 aromatic heterocycles. The molecule has 0 saturated heterocycles. The van der Waals surface area contributed by atoms with Crippen LogP contribution in [-0.4, -0.2) is 28.0 Å². The zero-order valence-electron chi connectivity index (χ0n) is 14.7. The summed E-state index contributed by atoms with van der Waals surface area (Å²) in [6.07, 6.45) is 8.81. The lowest BCUT2D eigenvalue weighted by molar-refractivity contribution is 0.229. The Hall–Kier alpha value is -2.40. The number of nitrogens with one attached hydrogen (secondary N) is 2. The highest BCUT2D eigenvalue weighted by Crippen LogP contribution is 2.29. The van der Waals surface area contributed by atoms with Gasteiger partial charge in [0.15, 0.2) is 0 Å². The molecule has 0 spiro atoms. The summed E-state index contributed by atoms with van der Waals surface area (Å²) in [5.41, 5.74) is 5.34. The number of benzene rings is 1. The standard InChI is InChI=1S/C20H23N3O2/c1-12-4-3-5-14(8-12)10-23-7-6-15-16(11-23)13(2)9-17-18(15)22-20(25)19(24)21-17/h3-4,8-9,14H,5-7,10-11H2,1-2H3,(H,21,24)(H,22,25). The number of hydrogen-bond acceptors (Lipinski definition) is 3. The predicted octanol–water partition coefficient (Wildman–Crippen LogP) is 2.41. The minimum atomic E-state index is -0.586. The van der Waals surface area contributed by atoms with E-state index in [4.69, 9.17) is 0 Å². The third-order valence-corrected chi connectivity index (χ3v) is 5.34. The predicted molar refractivity (Wildman–Crippen MR) is 99.9 cm³/mol. The Morgan fingerprint density at radius 1 is 1.16 bits per heavy atom. The van der Waals surface area contributed by atoms with Crippen LogP contribution in [0.1, 0.15) is 30.0 Å². The number of aromatic amines is 2. The lowest BCUT2D eigenvalue weighted by atomic mass is 9.91. The van der Waals surface area contributed by atoms with Crippen LogP contribution < -0.4 is 11.1 Å². The monoisotopic (exact) mass is 337 g/mol. The number of aromatic nitrogens is 2. The van der Waals surface area contributed by atoms with E-state index in [1.54, 1.807) is 0 Å². The van der Waals surface area contributed by atoms with Gasteiger partial charge in [0.1, 0.15) is 0 Å². The Morgan fingerprint density at radius 3 is 2.76 bits per heavy atom. The molecular formula is C20H23N3O2. The van der Waals surface area contributed by atoms with E-state index in [0.717, 1.165) is 43.5 Å². The second-order valence-corrected chi connectivity index (χ2v) is 7.28. The van der Waals surface area contributed by atoms with Crippen LogP contribution in [0.25, 0.3) is 11.0 Å². The minimum Gasteiger partial charge on any atom is -0.316 e. The Bertz CT molecular complexity index is 1010. The zero-order valence-corrected chi connectivity index (χ0v) is 14.7. The van der Waals surface area contributed by atoms with Crippen molar-refractivity contribution in [2.75, 3.05) is 13.1 Å². The van der Waals surface area contributed by atoms with Gasteiger partial charge in [-0.15, -0.1) is 0 Å². The highest BCUT2D eigenvalue weighted by Gasteiger charge is 2.23. The van der Waals surface area contributed by atoms with Crippen molar-refractivity contribution >= 4 is 11.0 Å². The average molecular weight is 337 g/mol. The summed E-state index contributed by atoms with van der Waals surface area (Å²) in [6, 6.07) is 1.97. The van der Waals surface area contributed by atoms with Gasteiger partial charge in [-0.1, -0.05) is 23.8 Å². The second kappa shape index (κ2) is 6.15. The van der Waals surface area contributed by atoms with Crippen molar-refractivity contribution in [2.45, 2.75) is 33.2 Å². The minimum absolute atomic E-state index is 0.573. The molecule has 0 radical (unpaired) electrons. The van der Waals surface area contributed by atoms with E-state index in [-0.39, 0.29) is 0 Å². The van der Waals surface area contributed by atoms with Crippen LogP contribution >= 0.6 is 0 Å². The first-order valence-corrected chi connectivity index (χ1v) is 8.86. The number of H-pyrrole nitrogens is 2. The Kier molecular flexibility index (Phi) is 3.96. The lowest BCUT2D eigenvalue weighted by Gasteiger charge is -2.33. The maximum absolute atomic E-state index is 11.7. The van der Waals surface area contributed by atoms with Gasteiger partial charge in [-0.2, -0.15) is 0 Å². The summed E-state index contributed by atoms with van der Waals surface area (Å²) < 4.78 is 0. The number of rotatable bonds is 2. The van der Waals surface area contributed by atoms with Gasteiger partial charge in [0.2, 0.25) is 0 Å². The van der Waals surface area contributed by atoms with E-state index < -0.39 is 11.1 Å². The Balaban J connectivity index is 1.66. The zero-order chi connectivity index (χ0) is 17.6. The Morgan fingerprint density at radius 2 is 1.96 bits per heavy atom. The third kappa shape index (κ3) is 3.00. The molecule has 0 fully saturated rings. The first-order chi connectivity index (χ1) is 12.0. The summed E-state index contributed by atoms with van der Waals surface area (Å²) in [6.45, 7) is 7.16. The van der Waals surface area contributed by atoms with Gasteiger partial charge in [-0.05, 0) is 55.4 Å². The highest BCUT2D eigenvalue weighted by atomic mass is 16.2. The summed E-state index contributed by atoms with van der Waals surface area (Å²) in [4.78, 5) is 31.3. The summed E-state index contributed by atoms with van der Waals surface area (Å²) >= 11 is 0. The molecule has 2 N–H and O–H groups in total. The van der Waals surface area contributed by atoms with Gasteiger partial charge in [0.25, 0.3) is 0 Å². The summed E-state index contributed by atoms with van der Waals surface area (Å²) in [5.74, 6) is 0.573. The topological polar surface area (TPSA) is 69.0 Å². The molecule has 0 amide bonds. The van der Waals surface area contributed by atoms with Crippen molar-refractivity contribution in [1.29, 1.82) is 0 Å². The molecule has 1 unspecified atom stereocenters. The van der Waals surface area contributed by atoms with Gasteiger partial charge in [-0.25, -0.2) is 0 Å². The van der Waals surface area contributed by atoms with Crippen molar-refractivity contribution < 1.29 is 0 Å². The molecular weight excluding hydrogens is 314 g/mol. The molecule has 1 aliphatic carbocycles. The Labute approximate surface area is 146 Å². The fourth-order valence-corrected chi connectivity index (χ4v) is 4.13. The maximum atomic E-state index is 11.7. The molecule has 1 aliphatic heterocycles. The molecule has 4 rings (SSSR count). The average Bonchev–Trinajstić information content (AvgIpc) is 2.57. The van der Waals surface area contributed by atoms with E-state index in [1.165, 1.54) is 22.3 Å². The number of aryl methyl sites for hydroxylation is 1. The number of hydrogen-bond donors (Lipinski definition) is 2. The van der Waals surface area contributed by atoms with Gasteiger partial charge in [0.05, 0.1) is 11.0 Å². The normalized spacial score (nSPS) is 20.6. The fourth-order valence-electron chi connectivity index (χ4n) is 4.13. The first kappa shape index (κ1) is 16.1. The molecule has 1 atom stereocenters. The molecule has 5 nitrogen and oxygen atoms in total. The van der Waals surface area contributed by atoms with Crippen LogP contribution in [-0.2, 0) is 13.0 Å². The van der Waals surface area contributed by atoms with Crippen molar-refractivity contribution in [1.82, 2.24) is 14.9 Å². The molecule has 25 heavy (non-hydrogen) atoms. The van der Waals surface area contributed by atoms with Gasteiger partial charge < -0.3 is 9.97 Å². The van der Waals surface area contributed by atoms with Crippen LogP contribution in [0.4, 0.5) is 0 Å². The van der Waals surface area contributed by atoms with Crippen LogP contribution in [0.3, 0.4) is 0 Å². The SMILES string of the molecule is CC1=CC(CN2CCc3c(c(C)cc4[nH]c(=O)c(=O)[nH]c34)C2)CC=C1. The van der Waals surface area contributed by atoms with E-state index in [1.807, 2.05) is 6.07 Å². The van der Waals surface area contributed by atoms with Crippen molar-refractivity contribution in [2.24, 2.45) is 5.92 Å². The molecule has 0 saturated carbocycles. The van der Waals surface area contributed by atoms with Crippen molar-refractivity contribution in [3.63, 3.8) is 0 Å². The molecule has 2 aromatic rings. The molecule has 1 aromatic carbocycles. The summed E-state index contributed by atoms with van der Waals surface area (Å²) in [7, 11) is 0. The molecule has 130 valence electrons. The van der Waals surface area contributed by atoms with E-state index in [9.17, 15) is 9.59 Å². The van der Waals surface area contributed by atoms with Gasteiger partial charge >= 0.3 is 11.1 Å². The number of allylic oxidation sites excluding steroid dienone is 3. The van der Waals surface area contributed by atoms with E-state index in [0.29, 0.717) is 5.92 Å². The maximum Gasteiger partial charge on any atom is 0.314 e. The lowest BCUT2D eigenvalue weighted by Crippen LogP contribution is -2.36. The second-order valence-electron chi connectivity index (χ2n) is 7.28. The van der Waals surface area contributed by atoms with E-state index in [2.05, 4.69) is 46.9 Å². The smallest absolute Gasteiger partial charge is 0.314 e. The molecule has 2 heterocycles. The fraction of sp³-hybridized carbons (Fsp3) is 0.400. The van der Waals surface area contributed by atoms with Crippen molar-refractivity contribution in [3.05, 3.63) is 67.3 Å². The quantitative estimate of drug-likeness (QED) is 0.827. The van der Waals surface area contributed by atoms with Crippen molar-refractivity contribution in [3.8, 4) is 0 Å². The molecule has 5 heteroatoms. The van der Waals surface area contributed by atoms with Gasteiger partial charge in [-0.3, -0.25) is 14.5 Å². The van der Waals surface area contributed by atoms with Crippen LogP contribution in [0.2, 0.25) is 0 Å². The third-order valence-electron chi connectivity index (χ3n) is 5.34. The first-order valence-electron chi connectivity index (χ1n) is 8.86. The largest absolute Gasteiger partial charge is 0.316 e. The van der Waals surface area contributed by atoms with Crippen LogP contribution in [0.5, 0.6) is 0 Å². The van der Waals surface area contributed by atoms with Crippen LogP contribution in [0, 0.1) is 12.8 Å². The van der Waals surface area contributed by atoms with E-state index >= 15 is 0 Å².